The van der Waals surface area contributed by atoms with Gasteiger partial charge in [-0.15, -0.1) is 11.6 Å². The minimum atomic E-state index is -3.09. The van der Waals surface area contributed by atoms with Gasteiger partial charge in [-0.1, -0.05) is 17.7 Å². The highest BCUT2D eigenvalue weighted by Crippen LogP contribution is 2.28. The maximum atomic E-state index is 11.5. The van der Waals surface area contributed by atoms with E-state index >= 15 is 0 Å². The molecule has 1 atom stereocenters. The van der Waals surface area contributed by atoms with Crippen molar-refractivity contribution in [2.24, 2.45) is 0 Å². The number of imidazole rings is 1. The lowest BCUT2D eigenvalue weighted by Gasteiger charge is -2.17. The normalized spacial score (nSPS) is 13.8. The lowest BCUT2D eigenvalue weighted by molar-refractivity contribution is 0.557. The third kappa shape index (κ3) is 3.27. The topological polar surface area (TPSA) is 52.0 Å². The number of aryl methyl sites for hydroxylation is 1. The van der Waals surface area contributed by atoms with Crippen molar-refractivity contribution >= 4 is 44.1 Å². The zero-order chi connectivity index (χ0) is 14.9. The Bertz CT molecular complexity index is 725. The third-order valence-electron chi connectivity index (χ3n) is 3.04. The van der Waals surface area contributed by atoms with Gasteiger partial charge in [0.25, 0.3) is 0 Å². The summed E-state index contributed by atoms with van der Waals surface area (Å²) in [7, 11) is -3.09. The molecule has 0 aliphatic rings. The van der Waals surface area contributed by atoms with Crippen molar-refractivity contribution in [3.05, 3.63) is 29.0 Å². The Kier molecular flexibility index (Phi) is 4.62. The SMILES string of the molecule is CC(CS(C)(=O)=O)n1c(CCCl)nc2cccc(Cl)c21. The van der Waals surface area contributed by atoms with Crippen LogP contribution in [0.1, 0.15) is 18.8 Å². The molecule has 1 unspecified atom stereocenters. The first kappa shape index (κ1) is 15.6. The Morgan fingerprint density at radius 2 is 2.10 bits per heavy atom. The smallest absolute Gasteiger partial charge is 0.149 e. The van der Waals surface area contributed by atoms with Gasteiger partial charge < -0.3 is 4.57 Å². The minimum Gasteiger partial charge on any atom is -0.323 e. The van der Waals surface area contributed by atoms with Gasteiger partial charge in [-0.2, -0.15) is 0 Å². The average molecular weight is 335 g/mol. The van der Waals surface area contributed by atoms with Crippen LogP contribution in [0, 0.1) is 0 Å². The minimum absolute atomic E-state index is 0.0406. The number of alkyl halides is 1. The summed E-state index contributed by atoms with van der Waals surface area (Å²) in [6, 6.07) is 5.23. The van der Waals surface area contributed by atoms with Gasteiger partial charge in [0.05, 0.1) is 21.8 Å². The summed E-state index contributed by atoms with van der Waals surface area (Å²) in [4.78, 5) is 4.51. The number of hydrogen-bond donors (Lipinski definition) is 0. The maximum Gasteiger partial charge on any atom is 0.149 e. The van der Waals surface area contributed by atoms with Crippen molar-refractivity contribution < 1.29 is 8.42 Å². The Hall–Kier alpha value is -0.780. The van der Waals surface area contributed by atoms with Crippen molar-refractivity contribution in [2.75, 3.05) is 17.9 Å². The molecule has 2 aromatic rings. The molecule has 1 aromatic heterocycles. The van der Waals surface area contributed by atoms with E-state index in [1.54, 1.807) is 6.07 Å². The number of para-hydroxylation sites is 1. The molecule has 1 aromatic carbocycles. The molecule has 0 N–H and O–H groups in total. The lowest BCUT2D eigenvalue weighted by Crippen LogP contribution is -2.19. The van der Waals surface area contributed by atoms with Crippen LogP contribution in [-0.4, -0.2) is 35.9 Å². The van der Waals surface area contributed by atoms with Crippen molar-refractivity contribution in [1.29, 1.82) is 0 Å². The second kappa shape index (κ2) is 5.92. The summed E-state index contributed by atoms with van der Waals surface area (Å²) in [6.45, 7) is 1.85. The summed E-state index contributed by atoms with van der Waals surface area (Å²) < 4.78 is 25.0. The second-order valence-corrected chi connectivity index (χ2v) is 7.86. The van der Waals surface area contributed by atoms with E-state index in [2.05, 4.69) is 4.98 Å². The van der Waals surface area contributed by atoms with Crippen molar-refractivity contribution in [3.63, 3.8) is 0 Å². The van der Waals surface area contributed by atoms with Crippen LogP contribution in [0.25, 0.3) is 11.0 Å². The number of hydrogen-bond acceptors (Lipinski definition) is 3. The Morgan fingerprint density at radius 1 is 1.40 bits per heavy atom. The van der Waals surface area contributed by atoms with Gasteiger partial charge in [0.1, 0.15) is 15.7 Å². The zero-order valence-electron chi connectivity index (χ0n) is 11.3. The van der Waals surface area contributed by atoms with E-state index in [0.717, 1.165) is 16.9 Å². The Labute approximate surface area is 128 Å². The maximum absolute atomic E-state index is 11.5. The fraction of sp³-hybridized carbons (Fsp3) is 0.462. The fourth-order valence-electron chi connectivity index (χ4n) is 2.40. The number of rotatable bonds is 5. The summed E-state index contributed by atoms with van der Waals surface area (Å²) >= 11 is 12.1. The number of nitrogens with zero attached hydrogens (tertiary/aromatic N) is 2. The molecular formula is C13H16Cl2N2O2S. The van der Waals surface area contributed by atoms with Gasteiger partial charge in [0.15, 0.2) is 0 Å². The molecular weight excluding hydrogens is 319 g/mol. The average Bonchev–Trinajstić information content (AvgIpc) is 2.67. The number of sulfone groups is 1. The number of halogens is 2. The molecule has 2 rings (SSSR count). The molecule has 0 aliphatic heterocycles. The first-order valence-corrected chi connectivity index (χ1v) is 9.20. The highest BCUT2D eigenvalue weighted by molar-refractivity contribution is 7.90. The molecule has 0 saturated carbocycles. The van der Waals surface area contributed by atoms with Gasteiger partial charge in [0.2, 0.25) is 0 Å². The summed E-state index contributed by atoms with van der Waals surface area (Å²) in [5, 5.41) is 0.566. The second-order valence-electron chi connectivity index (χ2n) is 4.89. The van der Waals surface area contributed by atoms with E-state index in [-0.39, 0.29) is 11.8 Å². The van der Waals surface area contributed by atoms with Crippen molar-refractivity contribution in [2.45, 2.75) is 19.4 Å². The van der Waals surface area contributed by atoms with Crippen LogP contribution in [-0.2, 0) is 16.3 Å². The Balaban J connectivity index is 2.61. The third-order valence-corrected chi connectivity index (χ3v) is 4.62. The molecule has 7 heteroatoms. The molecule has 1 heterocycles. The van der Waals surface area contributed by atoms with Crippen LogP contribution in [0.2, 0.25) is 5.02 Å². The molecule has 20 heavy (non-hydrogen) atoms. The monoisotopic (exact) mass is 334 g/mol. The van der Waals surface area contributed by atoms with Gasteiger partial charge in [-0.3, -0.25) is 0 Å². The fourth-order valence-corrected chi connectivity index (χ4v) is 3.86. The summed E-state index contributed by atoms with van der Waals surface area (Å²) in [5.74, 6) is 1.23. The molecule has 0 bridgehead atoms. The zero-order valence-corrected chi connectivity index (χ0v) is 13.6. The molecule has 4 nitrogen and oxygen atoms in total. The van der Waals surface area contributed by atoms with E-state index in [1.165, 1.54) is 6.26 Å². The summed E-state index contributed by atoms with van der Waals surface area (Å²) in [5.41, 5.74) is 1.53. The number of fused-ring (bicyclic) bond motifs is 1. The van der Waals surface area contributed by atoms with Gasteiger partial charge >= 0.3 is 0 Å². The van der Waals surface area contributed by atoms with E-state index < -0.39 is 9.84 Å². The lowest BCUT2D eigenvalue weighted by atomic mass is 10.3. The highest BCUT2D eigenvalue weighted by Gasteiger charge is 2.20. The van der Waals surface area contributed by atoms with Crippen LogP contribution in [0.3, 0.4) is 0 Å². The first-order chi connectivity index (χ1) is 9.33. The molecule has 0 aliphatic carbocycles. The van der Waals surface area contributed by atoms with Gasteiger partial charge in [-0.05, 0) is 19.1 Å². The van der Waals surface area contributed by atoms with E-state index in [4.69, 9.17) is 23.2 Å². The van der Waals surface area contributed by atoms with Crippen LogP contribution in [0.15, 0.2) is 18.2 Å². The van der Waals surface area contributed by atoms with Gasteiger partial charge in [-0.25, -0.2) is 13.4 Å². The Morgan fingerprint density at radius 3 is 2.70 bits per heavy atom. The highest BCUT2D eigenvalue weighted by atomic mass is 35.5. The molecule has 110 valence electrons. The molecule has 0 saturated heterocycles. The van der Waals surface area contributed by atoms with Crippen LogP contribution in [0.4, 0.5) is 0 Å². The van der Waals surface area contributed by atoms with E-state index in [1.807, 2.05) is 23.6 Å². The van der Waals surface area contributed by atoms with Gasteiger partial charge in [0, 0.05) is 24.6 Å². The largest absolute Gasteiger partial charge is 0.323 e. The first-order valence-electron chi connectivity index (χ1n) is 6.22. The number of benzene rings is 1. The predicted molar refractivity (Wildman–Crippen MR) is 83.6 cm³/mol. The molecule has 0 spiro atoms. The molecule has 0 radical (unpaired) electrons. The van der Waals surface area contributed by atoms with E-state index in [0.29, 0.717) is 17.3 Å². The quantitative estimate of drug-likeness (QED) is 0.789. The summed E-state index contributed by atoms with van der Waals surface area (Å²) in [6.07, 6.45) is 1.80. The van der Waals surface area contributed by atoms with Crippen LogP contribution >= 0.6 is 23.2 Å². The predicted octanol–water partition coefficient (Wildman–Crippen LogP) is 3.08. The molecule has 0 amide bonds. The number of aromatic nitrogens is 2. The van der Waals surface area contributed by atoms with Crippen LogP contribution in [0.5, 0.6) is 0 Å². The van der Waals surface area contributed by atoms with Crippen molar-refractivity contribution in [1.82, 2.24) is 9.55 Å². The van der Waals surface area contributed by atoms with Crippen LogP contribution < -0.4 is 0 Å². The molecule has 0 fully saturated rings. The van der Waals surface area contributed by atoms with E-state index in [9.17, 15) is 8.42 Å². The van der Waals surface area contributed by atoms with Crippen molar-refractivity contribution in [3.8, 4) is 0 Å². The standard InChI is InChI=1S/C13H16Cl2N2O2S/c1-9(8-20(2,18)19)17-12(6-7-14)16-11-5-3-4-10(15)13(11)17/h3-5,9H,6-8H2,1-2H3.